The highest BCUT2D eigenvalue weighted by Gasteiger charge is 2.19. The monoisotopic (exact) mass is 341 g/mol. The van der Waals surface area contributed by atoms with Crippen LogP contribution in [0.5, 0.6) is 5.75 Å². The molecule has 0 bridgehead atoms. The highest BCUT2D eigenvalue weighted by Crippen LogP contribution is 2.29. The summed E-state index contributed by atoms with van der Waals surface area (Å²) in [5, 5.41) is 2.81. The molecule has 0 radical (unpaired) electrons. The molecule has 2 aromatic carbocycles. The Kier molecular flexibility index (Phi) is 5.80. The smallest absolute Gasteiger partial charge is 0.338 e. The molecule has 0 heterocycles. The first kappa shape index (κ1) is 18.5. The minimum atomic E-state index is -0.554. The number of hydrogen-bond acceptors (Lipinski definition) is 4. The topological polar surface area (TPSA) is 64.6 Å². The van der Waals surface area contributed by atoms with Crippen molar-refractivity contribution < 1.29 is 19.1 Å². The molecule has 0 aliphatic carbocycles. The fraction of sp³-hybridized carbons (Fsp3) is 0.300. The van der Waals surface area contributed by atoms with E-state index >= 15 is 0 Å². The average Bonchev–Trinajstić information content (AvgIpc) is 2.59. The lowest BCUT2D eigenvalue weighted by Crippen LogP contribution is -2.23. The van der Waals surface area contributed by atoms with E-state index in [1.165, 1.54) is 0 Å². The summed E-state index contributed by atoms with van der Waals surface area (Å²) in [5.74, 6) is -0.284. The molecule has 0 saturated carbocycles. The van der Waals surface area contributed by atoms with Crippen molar-refractivity contribution in [3.8, 4) is 5.75 Å². The van der Waals surface area contributed by atoms with Crippen molar-refractivity contribution >= 4 is 17.6 Å². The molecule has 0 saturated heterocycles. The number of ether oxygens (including phenoxy) is 2. The second-order valence-electron chi connectivity index (χ2n) is 6.65. The Morgan fingerprint density at radius 3 is 2.24 bits per heavy atom. The Morgan fingerprint density at radius 2 is 1.64 bits per heavy atom. The lowest BCUT2D eigenvalue weighted by molar-refractivity contribution is -0.119. The minimum absolute atomic E-state index is 0.107. The van der Waals surface area contributed by atoms with Crippen molar-refractivity contribution in [2.75, 3.05) is 19.0 Å². The summed E-state index contributed by atoms with van der Waals surface area (Å²) < 4.78 is 10.1. The van der Waals surface area contributed by atoms with E-state index in [-0.39, 0.29) is 17.9 Å². The van der Waals surface area contributed by atoms with E-state index in [0.717, 1.165) is 11.3 Å². The Morgan fingerprint density at radius 1 is 1.00 bits per heavy atom. The van der Waals surface area contributed by atoms with E-state index in [9.17, 15) is 9.59 Å². The molecule has 1 N–H and O–H groups in total. The summed E-state index contributed by atoms with van der Waals surface area (Å²) in [6.07, 6.45) is 0. The SMILES string of the molecule is COc1ccc(C(=O)OCC(=O)Nc2ccccc2C(C)(C)C)cc1. The van der Waals surface area contributed by atoms with Gasteiger partial charge in [-0.1, -0.05) is 39.0 Å². The van der Waals surface area contributed by atoms with Crippen molar-refractivity contribution in [3.63, 3.8) is 0 Å². The summed E-state index contributed by atoms with van der Waals surface area (Å²) in [4.78, 5) is 24.1. The number of methoxy groups -OCH3 is 1. The van der Waals surface area contributed by atoms with Gasteiger partial charge < -0.3 is 14.8 Å². The van der Waals surface area contributed by atoms with Crippen LogP contribution in [0.2, 0.25) is 0 Å². The minimum Gasteiger partial charge on any atom is -0.497 e. The van der Waals surface area contributed by atoms with Gasteiger partial charge in [-0.25, -0.2) is 4.79 Å². The molecule has 0 aliphatic rings. The van der Waals surface area contributed by atoms with E-state index < -0.39 is 5.97 Å². The number of benzene rings is 2. The molecule has 5 nitrogen and oxygen atoms in total. The molecule has 2 rings (SSSR count). The number of para-hydroxylation sites is 1. The van der Waals surface area contributed by atoms with Gasteiger partial charge in [0.15, 0.2) is 6.61 Å². The summed E-state index contributed by atoms with van der Waals surface area (Å²) in [7, 11) is 1.55. The highest BCUT2D eigenvalue weighted by atomic mass is 16.5. The lowest BCUT2D eigenvalue weighted by Gasteiger charge is -2.22. The zero-order valence-corrected chi connectivity index (χ0v) is 15.0. The maximum absolute atomic E-state index is 12.1. The molecule has 5 heteroatoms. The predicted octanol–water partition coefficient (Wildman–Crippen LogP) is 3.79. The van der Waals surface area contributed by atoms with Crippen LogP contribution in [0.4, 0.5) is 5.69 Å². The fourth-order valence-corrected chi connectivity index (χ4v) is 2.37. The first-order chi connectivity index (χ1) is 11.8. The number of nitrogens with one attached hydrogen (secondary N) is 1. The Balaban J connectivity index is 1.96. The molecule has 1 amide bonds. The van der Waals surface area contributed by atoms with Crippen molar-refractivity contribution in [2.24, 2.45) is 0 Å². The van der Waals surface area contributed by atoms with Crippen LogP contribution in [0.3, 0.4) is 0 Å². The van der Waals surface area contributed by atoms with Gasteiger partial charge in [0.2, 0.25) is 0 Å². The number of carbonyl (C=O) groups excluding carboxylic acids is 2. The van der Waals surface area contributed by atoms with E-state index in [2.05, 4.69) is 26.1 Å². The largest absolute Gasteiger partial charge is 0.497 e. The maximum Gasteiger partial charge on any atom is 0.338 e. The van der Waals surface area contributed by atoms with E-state index in [4.69, 9.17) is 9.47 Å². The third-order valence-electron chi connectivity index (χ3n) is 3.67. The van der Waals surface area contributed by atoms with Crippen LogP contribution in [0.1, 0.15) is 36.7 Å². The van der Waals surface area contributed by atoms with Gasteiger partial charge in [0.05, 0.1) is 12.7 Å². The molecule has 0 aromatic heterocycles. The van der Waals surface area contributed by atoms with Gasteiger partial charge >= 0.3 is 5.97 Å². The van der Waals surface area contributed by atoms with Gasteiger partial charge in [-0.15, -0.1) is 0 Å². The van der Waals surface area contributed by atoms with Crippen LogP contribution >= 0.6 is 0 Å². The lowest BCUT2D eigenvalue weighted by atomic mass is 9.86. The number of esters is 1. The van der Waals surface area contributed by atoms with Gasteiger partial charge in [0.25, 0.3) is 5.91 Å². The van der Waals surface area contributed by atoms with Crippen LogP contribution in [0.25, 0.3) is 0 Å². The number of carbonyl (C=O) groups is 2. The van der Waals surface area contributed by atoms with Gasteiger partial charge in [-0.05, 0) is 41.3 Å². The van der Waals surface area contributed by atoms with Crippen LogP contribution in [-0.4, -0.2) is 25.6 Å². The fourth-order valence-electron chi connectivity index (χ4n) is 2.37. The molecular weight excluding hydrogens is 318 g/mol. The second kappa shape index (κ2) is 7.83. The predicted molar refractivity (Wildman–Crippen MR) is 97.0 cm³/mol. The molecule has 0 spiro atoms. The van der Waals surface area contributed by atoms with Gasteiger partial charge in [-0.2, -0.15) is 0 Å². The van der Waals surface area contributed by atoms with Gasteiger partial charge in [0.1, 0.15) is 5.75 Å². The number of amides is 1. The maximum atomic E-state index is 12.1. The zero-order valence-electron chi connectivity index (χ0n) is 15.0. The molecule has 25 heavy (non-hydrogen) atoms. The zero-order chi connectivity index (χ0) is 18.4. The second-order valence-corrected chi connectivity index (χ2v) is 6.65. The first-order valence-electron chi connectivity index (χ1n) is 8.02. The summed E-state index contributed by atoms with van der Waals surface area (Å²) in [5.41, 5.74) is 2.00. The van der Waals surface area contributed by atoms with Gasteiger partial charge in [-0.3, -0.25) is 4.79 Å². The van der Waals surface area contributed by atoms with Crippen LogP contribution in [-0.2, 0) is 14.9 Å². The van der Waals surface area contributed by atoms with Crippen molar-refractivity contribution in [3.05, 3.63) is 59.7 Å². The average molecular weight is 341 g/mol. The highest BCUT2D eigenvalue weighted by molar-refractivity contribution is 5.96. The Labute approximate surface area is 148 Å². The Bertz CT molecular complexity index is 745. The van der Waals surface area contributed by atoms with Crippen molar-refractivity contribution in [1.29, 1.82) is 0 Å². The standard InChI is InChI=1S/C20H23NO4/c1-20(2,3)16-7-5-6-8-17(16)21-18(22)13-25-19(23)14-9-11-15(24-4)12-10-14/h5-12H,13H2,1-4H3,(H,21,22). The molecule has 0 aliphatic heterocycles. The normalized spacial score (nSPS) is 10.9. The molecule has 0 fully saturated rings. The van der Waals surface area contributed by atoms with E-state index in [1.807, 2.05) is 24.3 Å². The van der Waals surface area contributed by atoms with Crippen LogP contribution in [0, 0.1) is 0 Å². The molecule has 2 aromatic rings. The van der Waals surface area contributed by atoms with Crippen LogP contribution < -0.4 is 10.1 Å². The van der Waals surface area contributed by atoms with Crippen LogP contribution in [0.15, 0.2) is 48.5 Å². The van der Waals surface area contributed by atoms with Crippen molar-refractivity contribution in [2.45, 2.75) is 26.2 Å². The number of rotatable bonds is 5. The number of anilines is 1. The quantitative estimate of drug-likeness (QED) is 0.841. The summed E-state index contributed by atoms with van der Waals surface area (Å²) >= 11 is 0. The Hall–Kier alpha value is -2.82. The summed E-state index contributed by atoms with van der Waals surface area (Å²) in [6, 6.07) is 14.1. The third kappa shape index (κ3) is 5.08. The molecule has 0 unspecified atom stereocenters. The van der Waals surface area contributed by atoms with E-state index in [1.54, 1.807) is 31.4 Å². The summed E-state index contributed by atoms with van der Waals surface area (Å²) in [6.45, 7) is 5.87. The first-order valence-corrected chi connectivity index (χ1v) is 8.02. The van der Waals surface area contributed by atoms with E-state index in [0.29, 0.717) is 11.3 Å². The number of hydrogen-bond donors (Lipinski definition) is 1. The molecule has 132 valence electrons. The third-order valence-corrected chi connectivity index (χ3v) is 3.67. The molecular formula is C20H23NO4. The molecule has 0 atom stereocenters. The van der Waals surface area contributed by atoms with Crippen molar-refractivity contribution in [1.82, 2.24) is 0 Å². The van der Waals surface area contributed by atoms with Gasteiger partial charge in [0, 0.05) is 5.69 Å².